The first-order valence-corrected chi connectivity index (χ1v) is 13.3. The van der Waals surface area contributed by atoms with Crippen LogP contribution in [-0.4, -0.2) is 58.6 Å². The van der Waals surface area contributed by atoms with Gasteiger partial charge in [0.2, 0.25) is 0 Å². The van der Waals surface area contributed by atoms with Gasteiger partial charge in [0.15, 0.2) is 6.61 Å². The van der Waals surface area contributed by atoms with Crippen molar-refractivity contribution in [2.75, 3.05) is 48.5 Å². The molecule has 3 aromatic carbocycles. The highest BCUT2D eigenvalue weighted by Gasteiger charge is 2.24. The summed E-state index contributed by atoms with van der Waals surface area (Å²) >= 11 is 0. The summed E-state index contributed by atoms with van der Waals surface area (Å²) in [6.45, 7) is 6.30. The Hall–Kier alpha value is -3.59. The second-order valence-electron chi connectivity index (χ2n) is 8.61. The summed E-state index contributed by atoms with van der Waals surface area (Å²) in [5.41, 5.74) is 2.45. The molecule has 0 N–H and O–H groups in total. The van der Waals surface area contributed by atoms with Crippen molar-refractivity contribution in [2.45, 2.75) is 18.7 Å². The molecule has 1 saturated heterocycles. The summed E-state index contributed by atoms with van der Waals surface area (Å²) in [5.74, 6) is 0.101. The number of halogens is 1. The lowest BCUT2D eigenvalue weighted by Gasteiger charge is -2.36. The Morgan fingerprint density at radius 1 is 0.917 bits per heavy atom. The number of anilines is 2. The number of ether oxygens (including phenoxy) is 1. The molecule has 0 radical (unpaired) electrons. The fourth-order valence-corrected chi connectivity index (χ4v) is 5.61. The lowest BCUT2D eigenvalue weighted by atomic mass is 10.2. The molecule has 0 unspecified atom stereocenters. The summed E-state index contributed by atoms with van der Waals surface area (Å²) < 4.78 is 46.4. The number of aryl methyl sites for hydroxylation is 1. The van der Waals surface area contributed by atoms with E-state index in [9.17, 15) is 17.6 Å². The van der Waals surface area contributed by atoms with Gasteiger partial charge in [-0.3, -0.25) is 9.10 Å². The monoisotopic (exact) mass is 511 g/mol. The Morgan fingerprint density at radius 2 is 1.53 bits per heavy atom. The Bertz CT molecular complexity index is 1270. The van der Waals surface area contributed by atoms with E-state index in [-0.39, 0.29) is 29.8 Å². The van der Waals surface area contributed by atoms with E-state index in [4.69, 9.17) is 4.74 Å². The van der Waals surface area contributed by atoms with Crippen LogP contribution in [0.1, 0.15) is 12.5 Å². The Balaban J connectivity index is 1.32. The van der Waals surface area contributed by atoms with E-state index in [1.54, 1.807) is 72.5 Å². The van der Waals surface area contributed by atoms with Crippen LogP contribution in [0.2, 0.25) is 0 Å². The van der Waals surface area contributed by atoms with Gasteiger partial charge in [-0.2, -0.15) is 0 Å². The van der Waals surface area contributed by atoms with Crippen LogP contribution >= 0.6 is 0 Å². The zero-order chi connectivity index (χ0) is 25.7. The van der Waals surface area contributed by atoms with E-state index < -0.39 is 10.0 Å². The minimum Gasteiger partial charge on any atom is -0.484 e. The van der Waals surface area contributed by atoms with Gasteiger partial charge in [0.1, 0.15) is 11.6 Å². The molecule has 9 heteroatoms. The van der Waals surface area contributed by atoms with Crippen molar-refractivity contribution in [2.24, 2.45) is 0 Å². The van der Waals surface area contributed by atoms with Crippen LogP contribution in [0.25, 0.3) is 0 Å². The molecule has 0 bridgehead atoms. The predicted molar refractivity (Wildman–Crippen MR) is 139 cm³/mol. The number of amides is 1. The topological polar surface area (TPSA) is 70.2 Å². The van der Waals surface area contributed by atoms with E-state index in [1.807, 2.05) is 6.92 Å². The van der Waals surface area contributed by atoms with Crippen molar-refractivity contribution in [3.05, 3.63) is 84.2 Å². The molecule has 1 heterocycles. The van der Waals surface area contributed by atoms with E-state index in [0.29, 0.717) is 37.6 Å². The first-order chi connectivity index (χ1) is 17.3. The molecule has 0 saturated carbocycles. The molecule has 4 rings (SSSR count). The fraction of sp³-hybridized carbons (Fsp3) is 0.296. The normalized spacial score (nSPS) is 14.0. The highest BCUT2D eigenvalue weighted by molar-refractivity contribution is 7.92. The van der Waals surface area contributed by atoms with E-state index in [2.05, 4.69) is 4.90 Å². The molecule has 1 fully saturated rings. The quantitative estimate of drug-likeness (QED) is 0.456. The maximum atomic E-state index is 13.1. The van der Waals surface area contributed by atoms with Crippen molar-refractivity contribution in [3.8, 4) is 5.75 Å². The van der Waals surface area contributed by atoms with Gasteiger partial charge in [-0.15, -0.1) is 0 Å². The Morgan fingerprint density at radius 3 is 2.11 bits per heavy atom. The van der Waals surface area contributed by atoms with Crippen LogP contribution < -0.4 is 13.9 Å². The SMILES string of the molecule is CCN(c1ccc(OCC(=O)N2CCN(c3ccc(F)cc3)CC2)cc1)S(=O)(=O)c1ccc(C)cc1. The summed E-state index contributed by atoms with van der Waals surface area (Å²) in [6, 6.07) is 19.8. The zero-order valence-corrected chi connectivity index (χ0v) is 21.2. The average Bonchev–Trinajstić information content (AvgIpc) is 2.89. The lowest BCUT2D eigenvalue weighted by Crippen LogP contribution is -2.50. The highest BCUT2D eigenvalue weighted by atomic mass is 32.2. The maximum absolute atomic E-state index is 13.1. The van der Waals surface area contributed by atoms with Crippen molar-refractivity contribution >= 4 is 27.3 Å². The number of sulfonamides is 1. The van der Waals surface area contributed by atoms with Crippen LogP contribution in [-0.2, 0) is 14.8 Å². The fourth-order valence-electron chi connectivity index (χ4n) is 4.14. The Labute approximate surface area is 211 Å². The molecule has 36 heavy (non-hydrogen) atoms. The summed E-state index contributed by atoms with van der Waals surface area (Å²) in [4.78, 5) is 16.7. The zero-order valence-electron chi connectivity index (χ0n) is 20.4. The molecule has 3 aromatic rings. The van der Waals surface area contributed by atoms with Gasteiger partial charge < -0.3 is 14.5 Å². The van der Waals surface area contributed by atoms with Gasteiger partial charge in [-0.1, -0.05) is 17.7 Å². The third-order valence-corrected chi connectivity index (χ3v) is 8.12. The number of carbonyl (C=O) groups is 1. The summed E-state index contributed by atoms with van der Waals surface area (Å²) in [6.07, 6.45) is 0. The molecular weight excluding hydrogens is 481 g/mol. The van der Waals surface area contributed by atoms with Gasteiger partial charge in [0.25, 0.3) is 15.9 Å². The number of rotatable bonds is 8. The van der Waals surface area contributed by atoms with Gasteiger partial charge >= 0.3 is 0 Å². The van der Waals surface area contributed by atoms with Crippen LogP contribution in [0, 0.1) is 12.7 Å². The molecule has 1 aliphatic rings. The second kappa shape index (κ2) is 11.0. The molecule has 0 aliphatic carbocycles. The minimum atomic E-state index is -3.69. The first-order valence-electron chi connectivity index (χ1n) is 11.9. The molecule has 0 atom stereocenters. The molecule has 1 aliphatic heterocycles. The van der Waals surface area contributed by atoms with Gasteiger partial charge in [0, 0.05) is 38.4 Å². The number of benzene rings is 3. The molecule has 1 amide bonds. The first kappa shape index (κ1) is 25.5. The van der Waals surface area contributed by atoms with Crippen molar-refractivity contribution in [3.63, 3.8) is 0 Å². The van der Waals surface area contributed by atoms with Crippen LogP contribution in [0.4, 0.5) is 15.8 Å². The summed E-state index contributed by atoms with van der Waals surface area (Å²) in [5, 5.41) is 0. The lowest BCUT2D eigenvalue weighted by molar-refractivity contribution is -0.133. The smallest absolute Gasteiger partial charge is 0.264 e. The molecular formula is C27H30FN3O4S. The van der Waals surface area contributed by atoms with E-state index >= 15 is 0 Å². The average molecular weight is 512 g/mol. The number of piperazine rings is 1. The van der Waals surface area contributed by atoms with E-state index in [1.165, 1.54) is 16.4 Å². The maximum Gasteiger partial charge on any atom is 0.264 e. The molecule has 0 spiro atoms. The van der Waals surface area contributed by atoms with E-state index in [0.717, 1.165) is 11.3 Å². The highest BCUT2D eigenvalue weighted by Crippen LogP contribution is 2.26. The number of hydrogen-bond acceptors (Lipinski definition) is 5. The summed E-state index contributed by atoms with van der Waals surface area (Å²) in [7, 11) is -3.69. The van der Waals surface area contributed by atoms with Gasteiger partial charge in [0.05, 0.1) is 10.6 Å². The number of carbonyl (C=O) groups excluding carboxylic acids is 1. The van der Waals surface area contributed by atoms with Crippen LogP contribution in [0.15, 0.2) is 77.7 Å². The van der Waals surface area contributed by atoms with Gasteiger partial charge in [-0.25, -0.2) is 12.8 Å². The minimum absolute atomic E-state index is 0.102. The number of nitrogens with zero attached hydrogens (tertiary/aromatic N) is 3. The Kier molecular flexibility index (Phi) is 7.79. The van der Waals surface area contributed by atoms with Crippen molar-refractivity contribution < 1.29 is 22.3 Å². The van der Waals surface area contributed by atoms with Crippen LogP contribution in [0.3, 0.4) is 0 Å². The standard InChI is InChI=1S/C27H30FN3O4S/c1-3-31(36(33,34)26-14-4-21(2)5-15-26)24-10-12-25(13-11-24)35-20-27(32)30-18-16-29(17-19-30)23-8-6-22(28)7-9-23/h4-15H,3,16-20H2,1-2H3. The largest absolute Gasteiger partial charge is 0.484 e. The third-order valence-electron chi connectivity index (χ3n) is 6.21. The number of hydrogen-bond donors (Lipinski definition) is 0. The predicted octanol–water partition coefficient (Wildman–Crippen LogP) is 4.08. The van der Waals surface area contributed by atoms with Crippen molar-refractivity contribution in [1.82, 2.24) is 4.90 Å². The molecule has 190 valence electrons. The van der Waals surface area contributed by atoms with Crippen molar-refractivity contribution in [1.29, 1.82) is 0 Å². The molecule has 7 nitrogen and oxygen atoms in total. The third kappa shape index (κ3) is 5.79. The molecule has 0 aromatic heterocycles. The van der Waals surface area contributed by atoms with Crippen LogP contribution in [0.5, 0.6) is 5.75 Å². The van der Waals surface area contributed by atoms with Gasteiger partial charge in [-0.05, 0) is 74.5 Å². The second-order valence-corrected chi connectivity index (χ2v) is 10.5.